The zero-order chi connectivity index (χ0) is 34.3. The number of benzene rings is 3. The molecule has 1 amide bonds. The van der Waals surface area contributed by atoms with Crippen LogP contribution < -0.4 is 15.4 Å². The average molecular weight is 688 g/mol. The van der Waals surface area contributed by atoms with Crippen LogP contribution in [0.15, 0.2) is 71.6 Å². The summed E-state index contributed by atoms with van der Waals surface area (Å²) in [4.78, 5) is 26.6. The Balaban J connectivity index is 1.61. The molecule has 0 unspecified atom stereocenters. The summed E-state index contributed by atoms with van der Waals surface area (Å²) in [5.74, 6) is -0.774. The molecule has 3 aromatic rings. The number of rotatable bonds is 13. The molecule has 0 saturated carbocycles. The van der Waals surface area contributed by atoms with Crippen LogP contribution >= 0.6 is 11.6 Å². The van der Waals surface area contributed by atoms with Gasteiger partial charge in [0, 0.05) is 42.5 Å². The van der Waals surface area contributed by atoms with E-state index in [0.29, 0.717) is 41.4 Å². The van der Waals surface area contributed by atoms with Crippen LogP contribution in [0.3, 0.4) is 0 Å². The summed E-state index contributed by atoms with van der Waals surface area (Å²) in [7, 11) is -1.13. The number of amides is 1. The first-order chi connectivity index (χ1) is 22.4. The van der Waals surface area contributed by atoms with Crippen LogP contribution in [0.25, 0.3) is 0 Å². The first-order valence-electron chi connectivity index (χ1n) is 15.6. The van der Waals surface area contributed by atoms with Crippen molar-refractivity contribution < 1.29 is 31.9 Å². The largest absolute Gasteiger partial charge is 0.497 e. The molecule has 1 aliphatic rings. The summed E-state index contributed by atoms with van der Waals surface area (Å²) in [6, 6.07) is 16.2. The maximum Gasteiger partial charge on any atom is 0.407 e. The van der Waals surface area contributed by atoms with Gasteiger partial charge in [-0.25, -0.2) is 17.6 Å². The Bertz CT molecular complexity index is 1650. The Labute approximate surface area is 281 Å². The minimum atomic E-state index is -3.87. The topological polar surface area (TPSA) is 114 Å². The number of methoxy groups -OCH3 is 2. The predicted molar refractivity (Wildman–Crippen MR) is 180 cm³/mol. The van der Waals surface area contributed by atoms with Crippen molar-refractivity contribution in [1.82, 2.24) is 14.9 Å². The number of Topliss-reactive ketones (excluding diaryl/α,β-unsaturated/α-hetero) is 1. The quantitative estimate of drug-likeness (QED) is 0.235. The molecule has 0 aromatic heterocycles. The third-order valence-electron chi connectivity index (χ3n) is 8.67. The lowest BCUT2D eigenvalue weighted by molar-refractivity contribution is -0.121. The second-order valence-electron chi connectivity index (χ2n) is 12.2. The fourth-order valence-electron chi connectivity index (χ4n) is 6.42. The van der Waals surface area contributed by atoms with Crippen molar-refractivity contribution in [3.05, 3.63) is 94.3 Å². The number of hydrogen-bond acceptors (Lipinski definition) is 7. The standard InChI is InChI=1S/C35H43ClFN3O6S/c1-22(2)33(25-9-6-10-26(36)18-25)34(39-35(42)46-5)32(41)19-24-8-7-11-31(37)30(24)17-12-27-21-38-20-23(3)40(27)47(43,44)29-15-13-28(45-4)14-16-29/h6-11,13-16,18,22-23,27,33-34,38H,12,17,19-21H2,1-5H3,(H,39,42)/t23-,27-,33+,34+/m0/s1. The van der Waals surface area contributed by atoms with Crippen molar-refractivity contribution >= 4 is 33.5 Å². The SMILES string of the molecule is COC(=O)N[C@H](C(=O)Cc1cccc(F)c1CC[C@H]1CNC[C@H](C)N1S(=O)(=O)c1ccc(OC)cc1)[C@@H](c1cccc(Cl)c1)C(C)C. The highest BCUT2D eigenvalue weighted by Gasteiger charge is 2.38. The molecule has 47 heavy (non-hydrogen) atoms. The molecule has 9 nitrogen and oxygen atoms in total. The molecule has 2 N–H and O–H groups in total. The molecule has 0 bridgehead atoms. The number of carbonyl (C=O) groups is 2. The number of ketones is 1. The van der Waals surface area contributed by atoms with E-state index in [1.165, 1.54) is 36.7 Å². The predicted octanol–water partition coefficient (Wildman–Crippen LogP) is 5.75. The van der Waals surface area contributed by atoms with Crippen LogP contribution in [-0.4, -0.2) is 70.0 Å². The lowest BCUT2D eigenvalue weighted by Gasteiger charge is -2.40. The van der Waals surface area contributed by atoms with Gasteiger partial charge in [-0.15, -0.1) is 0 Å². The average Bonchev–Trinajstić information content (AvgIpc) is 3.03. The van der Waals surface area contributed by atoms with Gasteiger partial charge in [-0.1, -0.05) is 49.7 Å². The Hall–Kier alpha value is -3.51. The first kappa shape index (κ1) is 36.3. The summed E-state index contributed by atoms with van der Waals surface area (Å²) in [5, 5.41) is 6.52. The molecule has 1 heterocycles. The van der Waals surface area contributed by atoms with Gasteiger partial charge in [0.25, 0.3) is 0 Å². The summed E-state index contributed by atoms with van der Waals surface area (Å²) in [5.41, 5.74) is 1.59. The molecular formula is C35H43ClFN3O6S. The van der Waals surface area contributed by atoms with E-state index in [1.54, 1.807) is 42.5 Å². The number of nitrogens with zero attached hydrogens (tertiary/aromatic N) is 1. The van der Waals surface area contributed by atoms with Crippen molar-refractivity contribution in [2.75, 3.05) is 27.3 Å². The van der Waals surface area contributed by atoms with E-state index in [9.17, 15) is 18.0 Å². The van der Waals surface area contributed by atoms with Gasteiger partial charge in [-0.05, 0) is 84.8 Å². The molecule has 1 fully saturated rings. The van der Waals surface area contributed by atoms with Crippen LogP contribution in [0, 0.1) is 11.7 Å². The molecule has 0 aliphatic carbocycles. The minimum absolute atomic E-state index is 0.0778. The second-order valence-corrected chi connectivity index (χ2v) is 14.4. The lowest BCUT2D eigenvalue weighted by Crippen LogP contribution is -2.58. The van der Waals surface area contributed by atoms with Crippen molar-refractivity contribution in [2.45, 2.75) is 69.0 Å². The molecule has 4 rings (SSSR count). The van der Waals surface area contributed by atoms with Gasteiger partial charge in [0.1, 0.15) is 11.6 Å². The van der Waals surface area contributed by atoms with Crippen LogP contribution in [0.5, 0.6) is 5.75 Å². The van der Waals surface area contributed by atoms with Gasteiger partial charge in [0.15, 0.2) is 5.78 Å². The summed E-state index contributed by atoms with van der Waals surface area (Å²) >= 11 is 6.28. The van der Waals surface area contributed by atoms with Gasteiger partial charge >= 0.3 is 6.09 Å². The molecule has 0 spiro atoms. The minimum Gasteiger partial charge on any atom is -0.497 e. The Kier molecular flexibility index (Phi) is 12.4. The maximum absolute atomic E-state index is 15.5. The smallest absolute Gasteiger partial charge is 0.407 e. The third-order valence-corrected chi connectivity index (χ3v) is 11.0. The molecule has 4 atom stereocenters. The fourth-order valence-corrected chi connectivity index (χ4v) is 8.46. The third kappa shape index (κ3) is 8.70. The van der Waals surface area contributed by atoms with Crippen molar-refractivity contribution in [3.63, 3.8) is 0 Å². The zero-order valence-electron chi connectivity index (χ0n) is 27.3. The van der Waals surface area contributed by atoms with Gasteiger partial charge in [0.05, 0.1) is 25.2 Å². The van der Waals surface area contributed by atoms with E-state index in [-0.39, 0.29) is 35.5 Å². The number of piperazine rings is 1. The Morgan fingerprint density at radius 1 is 1.06 bits per heavy atom. The number of nitrogens with one attached hydrogen (secondary N) is 2. The van der Waals surface area contributed by atoms with E-state index in [2.05, 4.69) is 10.6 Å². The summed E-state index contributed by atoms with van der Waals surface area (Å²) in [6.45, 7) is 6.60. The normalized spacial score (nSPS) is 18.4. The fraction of sp³-hybridized carbons (Fsp3) is 0.429. The summed E-state index contributed by atoms with van der Waals surface area (Å²) in [6.07, 6.45) is -0.401. The molecule has 3 aromatic carbocycles. The van der Waals surface area contributed by atoms with Gasteiger partial charge in [-0.3, -0.25) is 4.79 Å². The molecular weight excluding hydrogens is 645 g/mol. The Morgan fingerprint density at radius 3 is 2.40 bits per heavy atom. The highest BCUT2D eigenvalue weighted by Crippen LogP contribution is 2.32. The summed E-state index contributed by atoms with van der Waals surface area (Å²) < 4.78 is 54.7. The maximum atomic E-state index is 15.5. The molecule has 12 heteroatoms. The number of halogens is 2. The molecule has 1 aliphatic heterocycles. The molecule has 1 saturated heterocycles. The number of alkyl carbamates (subject to hydrolysis) is 1. The highest BCUT2D eigenvalue weighted by atomic mass is 35.5. The monoisotopic (exact) mass is 687 g/mol. The van der Waals surface area contributed by atoms with E-state index >= 15 is 4.39 Å². The lowest BCUT2D eigenvalue weighted by atomic mass is 9.79. The van der Waals surface area contributed by atoms with Crippen LogP contribution in [0.1, 0.15) is 49.8 Å². The molecule has 254 valence electrons. The second kappa shape index (κ2) is 16.1. The van der Waals surface area contributed by atoms with E-state index < -0.39 is 39.9 Å². The van der Waals surface area contributed by atoms with Crippen LogP contribution in [0.4, 0.5) is 9.18 Å². The molecule has 0 radical (unpaired) electrons. The zero-order valence-corrected chi connectivity index (χ0v) is 28.9. The van der Waals surface area contributed by atoms with E-state index in [4.69, 9.17) is 21.1 Å². The van der Waals surface area contributed by atoms with Crippen molar-refractivity contribution in [1.29, 1.82) is 0 Å². The number of ether oxygens (including phenoxy) is 2. The van der Waals surface area contributed by atoms with Crippen molar-refractivity contribution in [2.24, 2.45) is 5.92 Å². The first-order valence-corrected chi connectivity index (χ1v) is 17.5. The number of carbonyl (C=O) groups excluding carboxylic acids is 2. The van der Waals surface area contributed by atoms with Crippen LogP contribution in [-0.2, 0) is 32.4 Å². The van der Waals surface area contributed by atoms with E-state index in [1.807, 2.05) is 26.8 Å². The van der Waals surface area contributed by atoms with Gasteiger partial charge in [-0.2, -0.15) is 4.31 Å². The van der Waals surface area contributed by atoms with Gasteiger partial charge in [0.2, 0.25) is 10.0 Å². The Morgan fingerprint density at radius 2 is 1.77 bits per heavy atom. The van der Waals surface area contributed by atoms with Crippen molar-refractivity contribution in [3.8, 4) is 5.75 Å². The number of hydrogen-bond donors (Lipinski definition) is 2. The highest BCUT2D eigenvalue weighted by molar-refractivity contribution is 7.89. The number of sulfonamides is 1. The van der Waals surface area contributed by atoms with E-state index in [0.717, 1.165) is 5.56 Å². The van der Waals surface area contributed by atoms with Gasteiger partial charge < -0.3 is 20.1 Å². The van der Waals surface area contributed by atoms with Crippen LogP contribution in [0.2, 0.25) is 5.02 Å².